The topological polar surface area (TPSA) is 150 Å². The third kappa shape index (κ3) is 6.90. The normalized spacial score (nSPS) is 16.4. The van der Waals surface area contributed by atoms with Crippen molar-refractivity contribution in [3.63, 3.8) is 0 Å². The molecule has 10 heteroatoms. The molecular weight excluding hydrogens is 490 g/mol. The van der Waals surface area contributed by atoms with Crippen LogP contribution in [0.4, 0.5) is 0 Å². The average molecular weight is 522 g/mol. The minimum absolute atomic E-state index is 0.212. The summed E-state index contributed by atoms with van der Waals surface area (Å²) < 4.78 is 0. The first kappa shape index (κ1) is 28.2. The Bertz CT molecular complexity index is 1210. The molecule has 3 rings (SSSR count). The molecular formula is C28H31N3O7. The second kappa shape index (κ2) is 12.8. The lowest BCUT2D eigenvalue weighted by atomic mass is 9.99. The van der Waals surface area contributed by atoms with Gasteiger partial charge < -0.3 is 25.4 Å². The number of rotatable bonds is 11. The monoisotopic (exact) mass is 521 g/mol. The second-order valence-corrected chi connectivity index (χ2v) is 9.51. The predicted molar refractivity (Wildman–Crippen MR) is 137 cm³/mol. The molecule has 0 spiro atoms. The molecule has 38 heavy (non-hydrogen) atoms. The van der Waals surface area contributed by atoms with Crippen molar-refractivity contribution in [2.24, 2.45) is 5.92 Å². The van der Waals surface area contributed by atoms with Crippen molar-refractivity contribution in [1.82, 2.24) is 15.5 Å². The Morgan fingerprint density at radius 3 is 2.26 bits per heavy atom. The van der Waals surface area contributed by atoms with Gasteiger partial charge in [-0.2, -0.15) is 0 Å². The number of nitrogens with one attached hydrogen (secondary N) is 2. The zero-order valence-corrected chi connectivity index (χ0v) is 21.3. The Balaban J connectivity index is 1.73. The summed E-state index contributed by atoms with van der Waals surface area (Å²) in [6.07, 6.45) is 0.670. The van der Waals surface area contributed by atoms with Gasteiger partial charge in [0.1, 0.15) is 18.4 Å². The zero-order chi connectivity index (χ0) is 27.8. The fourth-order valence-electron chi connectivity index (χ4n) is 4.38. The molecule has 10 nitrogen and oxygen atoms in total. The van der Waals surface area contributed by atoms with Gasteiger partial charge in [0, 0.05) is 23.2 Å². The summed E-state index contributed by atoms with van der Waals surface area (Å²) in [6, 6.07) is 11.9. The van der Waals surface area contributed by atoms with E-state index in [1.165, 1.54) is 11.0 Å². The Labute approximate surface area is 220 Å². The summed E-state index contributed by atoms with van der Waals surface area (Å²) in [6.45, 7) is 3.80. The van der Waals surface area contributed by atoms with E-state index in [1.54, 1.807) is 62.4 Å². The van der Waals surface area contributed by atoms with Crippen molar-refractivity contribution in [2.75, 3.05) is 6.54 Å². The highest BCUT2D eigenvalue weighted by atomic mass is 16.4. The van der Waals surface area contributed by atoms with E-state index in [2.05, 4.69) is 10.6 Å². The molecule has 2 aromatic rings. The van der Waals surface area contributed by atoms with Crippen LogP contribution in [0.5, 0.6) is 0 Å². The third-order valence-corrected chi connectivity index (χ3v) is 6.37. The summed E-state index contributed by atoms with van der Waals surface area (Å²) in [5.74, 6) is -3.40. The second-order valence-electron chi connectivity index (χ2n) is 9.51. The molecule has 200 valence electrons. The van der Waals surface area contributed by atoms with Gasteiger partial charge in [-0.05, 0) is 30.9 Å². The van der Waals surface area contributed by atoms with E-state index in [1.807, 2.05) is 0 Å². The lowest BCUT2D eigenvalue weighted by molar-refractivity contribution is -0.142. The van der Waals surface area contributed by atoms with Crippen LogP contribution in [0.1, 0.15) is 59.4 Å². The molecule has 3 N–H and O–H groups in total. The first-order valence-corrected chi connectivity index (χ1v) is 12.4. The van der Waals surface area contributed by atoms with Crippen LogP contribution in [0.25, 0.3) is 0 Å². The lowest BCUT2D eigenvalue weighted by Gasteiger charge is -2.31. The molecule has 1 aliphatic rings. The van der Waals surface area contributed by atoms with Gasteiger partial charge in [0.2, 0.25) is 11.8 Å². The molecule has 3 amide bonds. The summed E-state index contributed by atoms with van der Waals surface area (Å²) >= 11 is 0. The SMILES string of the molecule is CC(C)C(NC(=O)c1cccc(C(=O)c2ccccc2)c1)C(=O)N1CCC[C@H]1C(=O)NC(C=O)CC(=O)O. The van der Waals surface area contributed by atoms with E-state index in [9.17, 15) is 28.8 Å². The van der Waals surface area contributed by atoms with Crippen LogP contribution in [0, 0.1) is 5.92 Å². The third-order valence-electron chi connectivity index (χ3n) is 6.37. The predicted octanol–water partition coefficient (Wildman–Crippen LogP) is 1.82. The Kier molecular flexibility index (Phi) is 9.48. The number of benzene rings is 2. The van der Waals surface area contributed by atoms with Gasteiger partial charge in [0.25, 0.3) is 5.91 Å². The number of amides is 3. The number of hydrogen-bond donors (Lipinski definition) is 3. The average Bonchev–Trinajstić information content (AvgIpc) is 3.41. The van der Waals surface area contributed by atoms with Gasteiger partial charge in [0.05, 0.1) is 12.5 Å². The standard InChI is InChI=1S/C28H31N3O7/c1-17(2)24(28(38)31-13-7-12-22(31)27(37)29-21(16-32)15-23(33)34)30-26(36)20-11-6-10-19(14-20)25(35)18-8-4-3-5-9-18/h3-6,8-11,14,16-17,21-22,24H,7,12-13,15H2,1-2H3,(H,29,37)(H,30,36)(H,33,34)/t21?,22-,24?/m0/s1. The van der Waals surface area contributed by atoms with Crippen LogP contribution < -0.4 is 10.6 Å². The summed E-state index contributed by atoms with van der Waals surface area (Å²) in [5.41, 5.74) is 1.03. The number of aliphatic carboxylic acids is 1. The number of carbonyl (C=O) groups excluding carboxylic acids is 5. The number of nitrogens with zero attached hydrogens (tertiary/aromatic N) is 1. The fourth-order valence-corrected chi connectivity index (χ4v) is 4.38. The van der Waals surface area contributed by atoms with Crippen LogP contribution in [-0.2, 0) is 19.2 Å². The number of carboxylic acids is 1. The molecule has 1 heterocycles. The molecule has 1 saturated heterocycles. The van der Waals surface area contributed by atoms with E-state index in [0.29, 0.717) is 30.3 Å². The van der Waals surface area contributed by atoms with E-state index in [0.717, 1.165) is 0 Å². The van der Waals surface area contributed by atoms with Gasteiger partial charge >= 0.3 is 5.97 Å². The zero-order valence-electron chi connectivity index (χ0n) is 21.3. The Morgan fingerprint density at radius 1 is 0.974 bits per heavy atom. The van der Waals surface area contributed by atoms with Crippen molar-refractivity contribution < 1.29 is 33.9 Å². The first-order valence-electron chi connectivity index (χ1n) is 12.4. The minimum atomic E-state index is -1.24. The smallest absolute Gasteiger partial charge is 0.305 e. The first-order chi connectivity index (χ1) is 18.1. The number of carboxylic acid groups (broad SMARTS) is 1. The largest absolute Gasteiger partial charge is 0.481 e. The van der Waals surface area contributed by atoms with Crippen LogP contribution in [-0.4, -0.2) is 70.4 Å². The Hall–Kier alpha value is -4.34. The van der Waals surface area contributed by atoms with Gasteiger partial charge in [-0.25, -0.2) is 0 Å². The number of aldehydes is 1. The maximum Gasteiger partial charge on any atom is 0.305 e. The summed E-state index contributed by atoms with van der Waals surface area (Å²) in [7, 11) is 0. The number of carbonyl (C=O) groups is 6. The number of hydrogen-bond acceptors (Lipinski definition) is 6. The van der Waals surface area contributed by atoms with E-state index < -0.39 is 48.2 Å². The van der Waals surface area contributed by atoms with Crippen molar-refractivity contribution in [3.05, 3.63) is 71.3 Å². The quantitative estimate of drug-likeness (QED) is 0.302. The molecule has 2 unspecified atom stereocenters. The summed E-state index contributed by atoms with van der Waals surface area (Å²) in [4.78, 5) is 75.7. The molecule has 0 aromatic heterocycles. The highest BCUT2D eigenvalue weighted by Gasteiger charge is 2.39. The van der Waals surface area contributed by atoms with Crippen LogP contribution in [0.3, 0.4) is 0 Å². The van der Waals surface area contributed by atoms with Gasteiger partial charge in [-0.3, -0.25) is 24.0 Å². The van der Waals surface area contributed by atoms with Gasteiger partial charge in [-0.15, -0.1) is 0 Å². The lowest BCUT2D eigenvalue weighted by Crippen LogP contribution is -2.56. The highest BCUT2D eigenvalue weighted by Crippen LogP contribution is 2.21. The van der Waals surface area contributed by atoms with Crippen LogP contribution in [0.15, 0.2) is 54.6 Å². The van der Waals surface area contributed by atoms with E-state index >= 15 is 0 Å². The van der Waals surface area contributed by atoms with Crippen molar-refractivity contribution in [3.8, 4) is 0 Å². The molecule has 1 fully saturated rings. The van der Waals surface area contributed by atoms with E-state index in [4.69, 9.17) is 5.11 Å². The van der Waals surface area contributed by atoms with E-state index in [-0.39, 0.29) is 23.8 Å². The molecule has 0 radical (unpaired) electrons. The highest BCUT2D eigenvalue weighted by molar-refractivity contribution is 6.10. The molecule has 0 saturated carbocycles. The van der Waals surface area contributed by atoms with Gasteiger partial charge in [-0.1, -0.05) is 56.3 Å². The minimum Gasteiger partial charge on any atom is -0.481 e. The summed E-state index contributed by atoms with van der Waals surface area (Å²) in [5, 5.41) is 14.1. The molecule has 1 aliphatic heterocycles. The van der Waals surface area contributed by atoms with Crippen molar-refractivity contribution >= 4 is 35.8 Å². The van der Waals surface area contributed by atoms with Gasteiger partial charge in [0.15, 0.2) is 5.78 Å². The van der Waals surface area contributed by atoms with Crippen LogP contribution in [0.2, 0.25) is 0 Å². The van der Waals surface area contributed by atoms with Crippen molar-refractivity contribution in [2.45, 2.75) is 51.2 Å². The Morgan fingerprint density at radius 2 is 1.63 bits per heavy atom. The molecule has 0 aliphatic carbocycles. The molecule has 0 bridgehead atoms. The molecule has 3 atom stereocenters. The fraction of sp³-hybridized carbons (Fsp3) is 0.357. The van der Waals surface area contributed by atoms with Crippen LogP contribution >= 0.6 is 0 Å². The maximum atomic E-state index is 13.5. The van der Waals surface area contributed by atoms with Crippen molar-refractivity contribution in [1.29, 1.82) is 0 Å². The number of likely N-dealkylation sites (tertiary alicyclic amines) is 1. The maximum absolute atomic E-state index is 13.5. The number of ketones is 1. The molecule has 2 aromatic carbocycles.